The average molecular weight is 473 g/mol. The Morgan fingerprint density at radius 1 is 1.21 bits per heavy atom. The fraction of sp³-hybridized carbons (Fsp3) is 0.450. The molecule has 178 valence electrons. The third-order valence-electron chi connectivity index (χ3n) is 5.27. The normalized spacial score (nSPS) is 19.0. The van der Waals surface area contributed by atoms with E-state index >= 15 is 0 Å². The SMILES string of the molecule is COCC(F)(F)c1cc(-c2ccnc3c2[C@H](C(F)(F)F)OC(=O)N3)nc(N2CCNCC2)c1. The van der Waals surface area contributed by atoms with Gasteiger partial charge < -0.3 is 19.7 Å². The van der Waals surface area contributed by atoms with E-state index in [4.69, 9.17) is 0 Å². The Morgan fingerprint density at radius 2 is 1.94 bits per heavy atom. The zero-order valence-corrected chi connectivity index (χ0v) is 17.4. The Labute approximate surface area is 185 Å². The molecule has 2 aliphatic rings. The number of alkyl halides is 5. The van der Waals surface area contributed by atoms with Gasteiger partial charge in [-0.15, -0.1) is 0 Å². The molecular formula is C20H20F5N5O3. The van der Waals surface area contributed by atoms with Gasteiger partial charge in [0.2, 0.25) is 6.10 Å². The lowest BCUT2D eigenvalue weighted by molar-refractivity contribution is -0.206. The van der Waals surface area contributed by atoms with E-state index in [9.17, 15) is 26.7 Å². The van der Waals surface area contributed by atoms with E-state index in [0.717, 1.165) is 13.2 Å². The largest absolute Gasteiger partial charge is 0.431 e. The molecule has 4 heterocycles. The summed E-state index contributed by atoms with van der Waals surface area (Å²) in [6.45, 7) is 1.22. The minimum absolute atomic E-state index is 0.131. The van der Waals surface area contributed by atoms with Crippen molar-refractivity contribution in [2.75, 3.05) is 50.1 Å². The molecule has 2 aromatic heterocycles. The van der Waals surface area contributed by atoms with Crippen LogP contribution in [0.2, 0.25) is 0 Å². The highest BCUT2D eigenvalue weighted by Gasteiger charge is 2.49. The molecule has 0 unspecified atom stereocenters. The molecule has 1 amide bonds. The van der Waals surface area contributed by atoms with Gasteiger partial charge in [-0.2, -0.15) is 22.0 Å². The molecule has 0 radical (unpaired) electrons. The molecule has 2 N–H and O–H groups in total. The Morgan fingerprint density at radius 3 is 2.61 bits per heavy atom. The molecule has 13 heteroatoms. The van der Waals surface area contributed by atoms with Crippen LogP contribution in [0.5, 0.6) is 0 Å². The predicted molar refractivity (Wildman–Crippen MR) is 107 cm³/mol. The van der Waals surface area contributed by atoms with Crippen LogP contribution >= 0.6 is 0 Å². The van der Waals surface area contributed by atoms with Gasteiger partial charge in [0.05, 0.1) is 11.3 Å². The van der Waals surface area contributed by atoms with Crippen molar-refractivity contribution in [3.63, 3.8) is 0 Å². The van der Waals surface area contributed by atoms with Crippen LogP contribution in [0.4, 0.5) is 38.4 Å². The van der Waals surface area contributed by atoms with Crippen LogP contribution in [0.1, 0.15) is 17.2 Å². The van der Waals surface area contributed by atoms with Gasteiger partial charge in [-0.1, -0.05) is 0 Å². The number of hydrogen-bond acceptors (Lipinski definition) is 7. The van der Waals surface area contributed by atoms with E-state index in [1.807, 2.05) is 0 Å². The van der Waals surface area contributed by atoms with Crippen molar-refractivity contribution in [1.82, 2.24) is 15.3 Å². The zero-order valence-electron chi connectivity index (χ0n) is 17.4. The van der Waals surface area contributed by atoms with Crippen LogP contribution in [0, 0.1) is 0 Å². The number of cyclic esters (lactones) is 1. The lowest BCUT2D eigenvalue weighted by Gasteiger charge is -2.31. The second kappa shape index (κ2) is 8.71. The summed E-state index contributed by atoms with van der Waals surface area (Å²) in [6, 6.07) is 3.45. The number of methoxy groups -OCH3 is 1. The summed E-state index contributed by atoms with van der Waals surface area (Å²) in [5.74, 6) is -3.60. The van der Waals surface area contributed by atoms with Gasteiger partial charge in [0.25, 0.3) is 5.92 Å². The molecule has 0 spiro atoms. The number of nitrogens with zero attached hydrogens (tertiary/aromatic N) is 3. The van der Waals surface area contributed by atoms with E-state index in [0.29, 0.717) is 26.2 Å². The van der Waals surface area contributed by atoms with Gasteiger partial charge in [0, 0.05) is 50.6 Å². The van der Waals surface area contributed by atoms with Crippen LogP contribution < -0.4 is 15.5 Å². The number of halogens is 5. The monoisotopic (exact) mass is 473 g/mol. The lowest BCUT2D eigenvalue weighted by atomic mass is 9.97. The molecule has 4 rings (SSSR count). The summed E-state index contributed by atoms with van der Waals surface area (Å²) in [7, 11) is 1.13. The molecule has 0 saturated carbocycles. The van der Waals surface area contributed by atoms with Gasteiger partial charge in [-0.05, 0) is 18.2 Å². The molecule has 2 aliphatic heterocycles. The molecule has 33 heavy (non-hydrogen) atoms. The maximum Gasteiger partial charge on any atom is 0.430 e. The highest BCUT2D eigenvalue weighted by atomic mass is 19.4. The minimum Gasteiger partial charge on any atom is -0.431 e. The molecule has 1 saturated heterocycles. The van der Waals surface area contributed by atoms with Crippen molar-refractivity contribution >= 4 is 17.7 Å². The summed E-state index contributed by atoms with van der Waals surface area (Å²) in [5.41, 5.74) is -1.23. The molecule has 0 bridgehead atoms. The Balaban J connectivity index is 1.90. The van der Waals surface area contributed by atoms with E-state index in [2.05, 4.69) is 30.1 Å². The number of anilines is 2. The Bertz CT molecular complexity index is 1040. The topological polar surface area (TPSA) is 88.6 Å². The molecule has 8 nitrogen and oxygen atoms in total. The number of hydrogen-bond donors (Lipinski definition) is 2. The number of piperazine rings is 1. The van der Waals surface area contributed by atoms with Gasteiger partial charge in [-0.3, -0.25) is 5.32 Å². The number of carbonyl (C=O) groups is 1. The standard InChI is InChI=1S/C20H20F5N5O3/c1-32-10-19(21,22)11-8-13(28-14(9-11)30-6-4-26-5-7-30)12-2-3-27-17-15(12)16(20(23,24)25)33-18(31)29-17/h2-3,8-9,16,26H,4-7,10H2,1H3,(H,27,29,31)/t16-/m1/s1. The Kier molecular flexibility index (Phi) is 6.10. The molecule has 1 fully saturated rings. The van der Waals surface area contributed by atoms with Crippen molar-refractivity contribution in [2.45, 2.75) is 18.2 Å². The van der Waals surface area contributed by atoms with Gasteiger partial charge in [-0.25, -0.2) is 14.8 Å². The number of nitrogens with one attached hydrogen (secondary N) is 2. The van der Waals surface area contributed by atoms with E-state index in [-0.39, 0.29) is 22.9 Å². The first-order chi connectivity index (χ1) is 15.6. The van der Waals surface area contributed by atoms with Crippen LogP contribution in [0.3, 0.4) is 0 Å². The van der Waals surface area contributed by atoms with E-state index < -0.39 is 42.0 Å². The first-order valence-electron chi connectivity index (χ1n) is 9.99. The number of ether oxygens (including phenoxy) is 2. The fourth-order valence-corrected chi connectivity index (χ4v) is 3.77. The Hall–Kier alpha value is -3.06. The maximum absolute atomic E-state index is 14.8. The zero-order chi connectivity index (χ0) is 23.8. The number of rotatable bonds is 5. The van der Waals surface area contributed by atoms with Crippen molar-refractivity contribution < 1.29 is 36.2 Å². The summed E-state index contributed by atoms with van der Waals surface area (Å²) in [6.07, 6.45) is -7.73. The van der Waals surface area contributed by atoms with E-state index in [1.54, 1.807) is 4.90 Å². The first-order valence-corrected chi connectivity index (χ1v) is 9.99. The van der Waals surface area contributed by atoms with Gasteiger partial charge >= 0.3 is 12.3 Å². The van der Waals surface area contributed by atoms with Gasteiger partial charge in [0.15, 0.2) is 0 Å². The second-order valence-electron chi connectivity index (χ2n) is 7.55. The number of aromatic nitrogens is 2. The van der Waals surface area contributed by atoms with Gasteiger partial charge in [0.1, 0.15) is 18.2 Å². The van der Waals surface area contributed by atoms with Crippen LogP contribution in [-0.2, 0) is 15.4 Å². The molecule has 1 atom stereocenters. The summed E-state index contributed by atoms with van der Waals surface area (Å²) < 4.78 is 79.9. The van der Waals surface area contributed by atoms with Crippen LogP contribution in [-0.4, -0.2) is 62.1 Å². The molecular weight excluding hydrogens is 453 g/mol. The van der Waals surface area contributed by atoms with Crippen molar-refractivity contribution in [3.8, 4) is 11.3 Å². The van der Waals surface area contributed by atoms with Crippen LogP contribution in [0.25, 0.3) is 11.3 Å². The third-order valence-corrected chi connectivity index (χ3v) is 5.27. The maximum atomic E-state index is 14.8. The summed E-state index contributed by atoms with van der Waals surface area (Å²) in [5, 5.41) is 5.26. The number of fused-ring (bicyclic) bond motifs is 1. The van der Waals surface area contributed by atoms with Crippen molar-refractivity contribution in [3.05, 3.63) is 35.5 Å². The quantitative estimate of drug-likeness (QED) is 0.643. The highest BCUT2D eigenvalue weighted by molar-refractivity contribution is 5.89. The number of carbonyl (C=O) groups excluding carboxylic acids is 1. The predicted octanol–water partition coefficient (Wildman–Crippen LogP) is 3.46. The first kappa shape index (κ1) is 23.1. The minimum atomic E-state index is -4.96. The highest BCUT2D eigenvalue weighted by Crippen LogP contribution is 2.46. The average Bonchev–Trinajstić information content (AvgIpc) is 2.77. The molecule has 0 aliphatic carbocycles. The number of pyridine rings is 2. The van der Waals surface area contributed by atoms with E-state index in [1.165, 1.54) is 18.3 Å². The fourth-order valence-electron chi connectivity index (χ4n) is 3.77. The molecule has 2 aromatic rings. The molecule has 0 aromatic carbocycles. The second-order valence-corrected chi connectivity index (χ2v) is 7.55. The van der Waals surface area contributed by atoms with Crippen molar-refractivity contribution in [2.24, 2.45) is 0 Å². The summed E-state index contributed by atoms with van der Waals surface area (Å²) >= 11 is 0. The number of amides is 1. The van der Waals surface area contributed by atoms with Crippen molar-refractivity contribution in [1.29, 1.82) is 0 Å². The lowest BCUT2D eigenvalue weighted by Crippen LogP contribution is -2.44. The summed E-state index contributed by atoms with van der Waals surface area (Å²) in [4.78, 5) is 21.6. The van der Waals surface area contributed by atoms with Crippen LogP contribution in [0.15, 0.2) is 24.4 Å². The smallest absolute Gasteiger partial charge is 0.430 e. The third kappa shape index (κ3) is 4.69.